The van der Waals surface area contributed by atoms with Gasteiger partial charge >= 0.3 is 0 Å². The standard InChI is InChI=1S/C9H11N3O2S/c1-6-4-5-9(8(3)7(6)2)15(13,14)12-11-10/h4-5H,1-3H3. The number of benzene rings is 1. The normalized spacial score (nSPS) is 10.9. The molecule has 0 fully saturated rings. The second-order valence-corrected chi connectivity index (χ2v) is 4.83. The number of sulfonamides is 1. The van der Waals surface area contributed by atoms with Gasteiger partial charge in [-0.1, -0.05) is 6.07 Å². The average molecular weight is 225 g/mol. The molecule has 0 bridgehead atoms. The summed E-state index contributed by atoms with van der Waals surface area (Å²) >= 11 is 0. The second-order valence-electron chi connectivity index (χ2n) is 3.28. The number of nitrogens with zero attached hydrogens (tertiary/aromatic N) is 3. The molecule has 0 amide bonds. The Morgan fingerprint density at radius 2 is 1.80 bits per heavy atom. The smallest absolute Gasteiger partial charge is 0.216 e. The molecular formula is C9H11N3O2S. The van der Waals surface area contributed by atoms with Crippen LogP contribution in [0.25, 0.3) is 10.4 Å². The molecule has 0 unspecified atom stereocenters. The van der Waals surface area contributed by atoms with Gasteiger partial charge in [-0.25, -0.2) is 8.42 Å². The Kier molecular flexibility index (Phi) is 3.02. The van der Waals surface area contributed by atoms with Crippen LogP contribution in [0.2, 0.25) is 0 Å². The summed E-state index contributed by atoms with van der Waals surface area (Å²) in [7, 11) is -3.87. The fourth-order valence-corrected chi connectivity index (χ4v) is 2.27. The number of hydrogen-bond acceptors (Lipinski definition) is 2. The van der Waals surface area contributed by atoms with Crippen molar-refractivity contribution in [3.8, 4) is 0 Å². The zero-order chi connectivity index (χ0) is 11.6. The predicted molar refractivity (Wildman–Crippen MR) is 57.0 cm³/mol. The molecule has 0 atom stereocenters. The van der Waals surface area contributed by atoms with Crippen LogP contribution in [0.4, 0.5) is 0 Å². The van der Waals surface area contributed by atoms with Crippen molar-refractivity contribution in [2.45, 2.75) is 25.7 Å². The number of aryl methyl sites for hydroxylation is 1. The first kappa shape index (κ1) is 11.6. The zero-order valence-electron chi connectivity index (χ0n) is 8.72. The van der Waals surface area contributed by atoms with E-state index in [1.165, 1.54) is 6.07 Å². The summed E-state index contributed by atoms with van der Waals surface area (Å²) in [5.74, 6) is 0. The summed E-state index contributed by atoms with van der Waals surface area (Å²) < 4.78 is 25.8. The van der Waals surface area contributed by atoms with Gasteiger partial charge in [-0.2, -0.15) is 0 Å². The molecule has 0 radical (unpaired) electrons. The molecule has 0 aliphatic heterocycles. The highest BCUT2D eigenvalue weighted by atomic mass is 32.2. The van der Waals surface area contributed by atoms with Crippen LogP contribution in [0.15, 0.2) is 21.5 Å². The number of hydrogen-bond donors (Lipinski definition) is 0. The third-order valence-corrected chi connectivity index (χ3v) is 3.72. The van der Waals surface area contributed by atoms with Crippen molar-refractivity contribution in [3.63, 3.8) is 0 Å². The molecule has 0 aromatic heterocycles. The lowest BCUT2D eigenvalue weighted by Gasteiger charge is -2.08. The molecule has 1 rings (SSSR count). The zero-order valence-corrected chi connectivity index (χ0v) is 9.54. The topological polar surface area (TPSA) is 82.9 Å². The van der Waals surface area contributed by atoms with Crippen LogP contribution in [0.5, 0.6) is 0 Å². The molecule has 6 heteroatoms. The van der Waals surface area contributed by atoms with Crippen molar-refractivity contribution in [3.05, 3.63) is 39.3 Å². The second kappa shape index (κ2) is 3.92. The van der Waals surface area contributed by atoms with Crippen molar-refractivity contribution >= 4 is 10.0 Å². The van der Waals surface area contributed by atoms with Crippen molar-refractivity contribution in [1.82, 2.24) is 0 Å². The number of rotatable bonds is 2. The molecule has 0 N–H and O–H groups in total. The lowest BCUT2D eigenvalue weighted by Crippen LogP contribution is -2.01. The maximum Gasteiger partial charge on any atom is 0.264 e. The summed E-state index contributed by atoms with van der Waals surface area (Å²) in [6, 6.07) is 3.16. The Balaban J connectivity index is 3.54. The van der Waals surface area contributed by atoms with Crippen LogP contribution in [0.1, 0.15) is 16.7 Å². The Bertz CT molecular complexity index is 543. The Hall–Kier alpha value is -1.52. The van der Waals surface area contributed by atoms with Crippen molar-refractivity contribution in [1.29, 1.82) is 0 Å². The molecule has 1 aromatic rings. The fraction of sp³-hybridized carbons (Fsp3) is 0.333. The predicted octanol–water partition coefficient (Wildman–Crippen LogP) is 2.61. The molecular weight excluding hydrogens is 214 g/mol. The lowest BCUT2D eigenvalue weighted by molar-refractivity contribution is 0.596. The maximum absolute atomic E-state index is 11.5. The van der Waals surface area contributed by atoms with Crippen molar-refractivity contribution in [2.75, 3.05) is 0 Å². The third kappa shape index (κ3) is 2.11. The minimum Gasteiger partial charge on any atom is -0.216 e. The van der Waals surface area contributed by atoms with Gasteiger partial charge in [-0.05, 0) is 49.1 Å². The van der Waals surface area contributed by atoms with Gasteiger partial charge in [0.15, 0.2) is 0 Å². The SMILES string of the molecule is Cc1ccc(S(=O)(=O)N=[N+]=[N-])c(C)c1C. The van der Waals surface area contributed by atoms with E-state index in [4.69, 9.17) is 5.53 Å². The molecule has 0 saturated heterocycles. The van der Waals surface area contributed by atoms with E-state index in [9.17, 15) is 8.42 Å². The first-order chi connectivity index (χ1) is 6.90. The van der Waals surface area contributed by atoms with E-state index in [0.717, 1.165) is 11.1 Å². The van der Waals surface area contributed by atoms with E-state index in [0.29, 0.717) is 5.56 Å². The van der Waals surface area contributed by atoms with Crippen LogP contribution in [0.3, 0.4) is 0 Å². The monoisotopic (exact) mass is 225 g/mol. The highest BCUT2D eigenvalue weighted by Gasteiger charge is 2.16. The molecule has 0 saturated carbocycles. The van der Waals surface area contributed by atoms with Gasteiger partial charge in [0, 0.05) is 9.43 Å². The molecule has 5 nitrogen and oxygen atoms in total. The summed E-state index contributed by atoms with van der Waals surface area (Å²) in [6.45, 7) is 5.42. The number of azide groups is 1. The van der Waals surface area contributed by atoms with E-state index < -0.39 is 10.0 Å². The van der Waals surface area contributed by atoms with Gasteiger partial charge in [-0.3, -0.25) is 0 Å². The molecule has 0 spiro atoms. The van der Waals surface area contributed by atoms with Crippen LogP contribution in [-0.2, 0) is 10.0 Å². The van der Waals surface area contributed by atoms with Gasteiger partial charge in [0.1, 0.15) is 0 Å². The van der Waals surface area contributed by atoms with E-state index >= 15 is 0 Å². The summed E-state index contributed by atoms with van der Waals surface area (Å²) in [5.41, 5.74) is 10.7. The largest absolute Gasteiger partial charge is 0.264 e. The molecule has 0 aliphatic rings. The maximum atomic E-state index is 11.5. The Morgan fingerprint density at radius 1 is 1.20 bits per heavy atom. The van der Waals surface area contributed by atoms with Crippen molar-refractivity contribution < 1.29 is 8.42 Å². The van der Waals surface area contributed by atoms with Crippen LogP contribution in [0, 0.1) is 20.8 Å². The fourth-order valence-electron chi connectivity index (χ4n) is 1.30. The quantitative estimate of drug-likeness (QED) is 0.440. The van der Waals surface area contributed by atoms with Crippen LogP contribution < -0.4 is 0 Å². The molecule has 15 heavy (non-hydrogen) atoms. The first-order valence-electron chi connectivity index (χ1n) is 4.28. The minimum absolute atomic E-state index is 0.0726. The highest BCUT2D eigenvalue weighted by Crippen LogP contribution is 2.22. The third-order valence-electron chi connectivity index (χ3n) is 2.43. The van der Waals surface area contributed by atoms with Gasteiger partial charge in [-0.15, -0.1) is 0 Å². The Morgan fingerprint density at radius 3 is 2.33 bits per heavy atom. The lowest BCUT2D eigenvalue weighted by atomic mass is 10.1. The van der Waals surface area contributed by atoms with Gasteiger partial charge < -0.3 is 0 Å². The first-order valence-corrected chi connectivity index (χ1v) is 5.72. The van der Waals surface area contributed by atoms with Gasteiger partial charge in [0.2, 0.25) is 0 Å². The minimum atomic E-state index is -3.87. The summed E-state index contributed by atoms with van der Waals surface area (Å²) in [6.07, 6.45) is 0. The van der Waals surface area contributed by atoms with E-state index in [1.54, 1.807) is 13.0 Å². The highest BCUT2D eigenvalue weighted by molar-refractivity contribution is 7.90. The van der Waals surface area contributed by atoms with Crippen LogP contribution in [-0.4, -0.2) is 8.42 Å². The van der Waals surface area contributed by atoms with E-state index in [-0.39, 0.29) is 4.90 Å². The molecule has 0 heterocycles. The summed E-state index contributed by atoms with van der Waals surface area (Å²) in [4.78, 5) is 2.39. The van der Waals surface area contributed by atoms with E-state index in [1.807, 2.05) is 13.8 Å². The summed E-state index contributed by atoms with van der Waals surface area (Å²) in [5, 5.41) is 0. The molecule has 1 aromatic carbocycles. The van der Waals surface area contributed by atoms with Crippen LogP contribution >= 0.6 is 0 Å². The van der Waals surface area contributed by atoms with E-state index in [2.05, 4.69) is 9.43 Å². The van der Waals surface area contributed by atoms with Gasteiger partial charge in [0.05, 0.1) is 4.90 Å². The van der Waals surface area contributed by atoms with Crippen molar-refractivity contribution in [2.24, 2.45) is 4.52 Å². The van der Waals surface area contributed by atoms with Gasteiger partial charge in [0.25, 0.3) is 10.0 Å². The average Bonchev–Trinajstić information content (AvgIpc) is 2.13. The Labute approximate surface area is 88.4 Å². The molecule has 80 valence electrons. The molecule has 0 aliphatic carbocycles.